The van der Waals surface area contributed by atoms with Crippen LogP contribution in [-0.4, -0.2) is 20.7 Å². The van der Waals surface area contributed by atoms with E-state index in [1.54, 1.807) is 6.92 Å². The second-order valence-electron chi connectivity index (χ2n) is 6.20. The van der Waals surface area contributed by atoms with Gasteiger partial charge in [-0.15, -0.1) is 0 Å². The molecule has 1 heterocycles. The summed E-state index contributed by atoms with van der Waals surface area (Å²) in [5.74, 6) is -0.322. The van der Waals surface area contributed by atoms with Crippen LogP contribution >= 0.6 is 0 Å². The number of aryl methyl sites for hydroxylation is 2. The van der Waals surface area contributed by atoms with Crippen molar-refractivity contribution >= 4 is 11.6 Å². The van der Waals surface area contributed by atoms with Gasteiger partial charge in [0.05, 0.1) is 11.9 Å². The topological polar surface area (TPSA) is 76.9 Å². The third-order valence-electron chi connectivity index (χ3n) is 4.31. The first kappa shape index (κ1) is 17.5. The van der Waals surface area contributed by atoms with Gasteiger partial charge in [-0.05, 0) is 44.0 Å². The molecule has 1 N–H and O–H groups in total. The standard InChI is InChI=1S/C20H20N4O2/c1-13-9-10-17(11-14(13)2)22-19(25)15(3)24-20(26)23-18(12-21-24)16-7-5-4-6-8-16/h4-12,15H,1-3H3,(H,22,25)/t15-/m0/s1. The highest BCUT2D eigenvalue weighted by Crippen LogP contribution is 2.16. The van der Waals surface area contributed by atoms with Gasteiger partial charge in [-0.25, -0.2) is 9.48 Å². The van der Waals surface area contributed by atoms with E-state index < -0.39 is 11.7 Å². The molecule has 0 saturated heterocycles. The van der Waals surface area contributed by atoms with Crippen molar-refractivity contribution in [1.29, 1.82) is 0 Å². The Bertz CT molecular complexity index is 996. The molecule has 0 saturated carbocycles. The average Bonchev–Trinajstić information content (AvgIpc) is 2.65. The Balaban J connectivity index is 1.80. The summed E-state index contributed by atoms with van der Waals surface area (Å²) in [5.41, 5.74) is 3.64. The van der Waals surface area contributed by atoms with E-state index in [-0.39, 0.29) is 5.91 Å². The Kier molecular flexibility index (Phi) is 4.93. The molecule has 0 aliphatic heterocycles. The molecule has 0 radical (unpaired) electrons. The molecular weight excluding hydrogens is 328 g/mol. The number of carbonyl (C=O) groups is 1. The van der Waals surface area contributed by atoms with Crippen LogP contribution in [0, 0.1) is 13.8 Å². The summed E-state index contributed by atoms with van der Waals surface area (Å²) in [6, 6.07) is 14.2. The van der Waals surface area contributed by atoms with E-state index in [2.05, 4.69) is 15.4 Å². The van der Waals surface area contributed by atoms with Crippen LogP contribution in [0.4, 0.5) is 5.69 Å². The molecule has 3 aromatic rings. The molecule has 1 amide bonds. The van der Waals surface area contributed by atoms with Crippen LogP contribution in [0.1, 0.15) is 24.1 Å². The minimum atomic E-state index is -0.776. The van der Waals surface area contributed by atoms with Gasteiger partial charge < -0.3 is 5.32 Å². The first-order chi connectivity index (χ1) is 12.5. The molecule has 0 bridgehead atoms. The van der Waals surface area contributed by atoms with Crippen molar-refractivity contribution in [1.82, 2.24) is 14.8 Å². The minimum absolute atomic E-state index is 0.322. The number of hydrogen-bond acceptors (Lipinski definition) is 4. The lowest BCUT2D eigenvalue weighted by molar-refractivity contribution is -0.119. The van der Waals surface area contributed by atoms with E-state index in [9.17, 15) is 9.59 Å². The van der Waals surface area contributed by atoms with Crippen molar-refractivity contribution < 1.29 is 4.79 Å². The van der Waals surface area contributed by atoms with Crippen LogP contribution in [0.5, 0.6) is 0 Å². The quantitative estimate of drug-likeness (QED) is 0.786. The van der Waals surface area contributed by atoms with Crippen LogP contribution in [0.2, 0.25) is 0 Å². The summed E-state index contributed by atoms with van der Waals surface area (Å²) in [7, 11) is 0. The Labute approximate surface area is 151 Å². The van der Waals surface area contributed by atoms with Gasteiger partial charge in [0.15, 0.2) is 0 Å². The van der Waals surface area contributed by atoms with Crippen LogP contribution in [0.3, 0.4) is 0 Å². The number of aromatic nitrogens is 3. The molecule has 1 aromatic heterocycles. The summed E-state index contributed by atoms with van der Waals surface area (Å²) >= 11 is 0. The third-order valence-corrected chi connectivity index (χ3v) is 4.31. The highest BCUT2D eigenvalue weighted by Gasteiger charge is 2.18. The maximum absolute atomic E-state index is 12.5. The smallest absolute Gasteiger partial charge is 0.324 e. The van der Waals surface area contributed by atoms with Crippen LogP contribution in [0.25, 0.3) is 11.3 Å². The Hall–Kier alpha value is -3.28. The van der Waals surface area contributed by atoms with Gasteiger partial charge in [-0.3, -0.25) is 4.79 Å². The van der Waals surface area contributed by atoms with Crippen molar-refractivity contribution in [3.63, 3.8) is 0 Å². The molecule has 6 heteroatoms. The summed E-state index contributed by atoms with van der Waals surface area (Å²) in [6.07, 6.45) is 1.50. The number of hydrogen-bond donors (Lipinski definition) is 1. The lowest BCUT2D eigenvalue weighted by atomic mass is 10.1. The van der Waals surface area contributed by atoms with E-state index in [1.165, 1.54) is 6.20 Å². The maximum Gasteiger partial charge on any atom is 0.365 e. The molecule has 3 rings (SSSR count). The van der Waals surface area contributed by atoms with Crippen LogP contribution < -0.4 is 11.0 Å². The SMILES string of the molecule is Cc1ccc(NC(=O)[C@H](C)n2ncc(-c3ccccc3)nc2=O)cc1C. The van der Waals surface area contributed by atoms with E-state index >= 15 is 0 Å². The number of amides is 1. The number of nitrogens with zero attached hydrogens (tertiary/aromatic N) is 3. The van der Waals surface area contributed by atoms with Crippen molar-refractivity contribution in [2.24, 2.45) is 0 Å². The van der Waals surface area contributed by atoms with Gasteiger partial charge in [0.2, 0.25) is 5.91 Å². The van der Waals surface area contributed by atoms with E-state index in [4.69, 9.17) is 0 Å². The minimum Gasteiger partial charge on any atom is -0.324 e. The number of benzene rings is 2. The van der Waals surface area contributed by atoms with Gasteiger partial charge >= 0.3 is 5.69 Å². The number of carbonyl (C=O) groups excluding carboxylic acids is 1. The highest BCUT2D eigenvalue weighted by molar-refractivity contribution is 5.93. The lowest BCUT2D eigenvalue weighted by Gasteiger charge is -2.14. The molecule has 0 spiro atoms. The van der Waals surface area contributed by atoms with E-state index in [0.29, 0.717) is 11.4 Å². The zero-order chi connectivity index (χ0) is 18.7. The number of anilines is 1. The largest absolute Gasteiger partial charge is 0.365 e. The van der Waals surface area contributed by atoms with Crippen molar-refractivity contribution in [2.75, 3.05) is 5.32 Å². The van der Waals surface area contributed by atoms with E-state index in [0.717, 1.165) is 21.4 Å². The second-order valence-corrected chi connectivity index (χ2v) is 6.20. The van der Waals surface area contributed by atoms with Crippen molar-refractivity contribution in [3.05, 3.63) is 76.3 Å². The second kappa shape index (κ2) is 7.31. The highest BCUT2D eigenvalue weighted by atomic mass is 16.2. The summed E-state index contributed by atoms with van der Waals surface area (Å²) in [4.78, 5) is 28.8. The Morgan fingerprint density at radius 1 is 1.08 bits per heavy atom. The van der Waals surface area contributed by atoms with Gasteiger partial charge in [0.1, 0.15) is 6.04 Å². The fourth-order valence-electron chi connectivity index (χ4n) is 2.54. The zero-order valence-electron chi connectivity index (χ0n) is 14.9. The number of nitrogens with one attached hydrogen (secondary N) is 1. The lowest BCUT2D eigenvalue weighted by Crippen LogP contribution is -2.34. The molecule has 0 aliphatic rings. The first-order valence-corrected chi connectivity index (χ1v) is 8.35. The number of rotatable bonds is 4. The third kappa shape index (κ3) is 3.69. The van der Waals surface area contributed by atoms with Crippen LogP contribution in [-0.2, 0) is 4.79 Å². The van der Waals surface area contributed by atoms with Crippen molar-refractivity contribution in [3.8, 4) is 11.3 Å². The van der Waals surface area contributed by atoms with Crippen LogP contribution in [0.15, 0.2) is 59.5 Å². The van der Waals surface area contributed by atoms with Gasteiger partial charge in [0, 0.05) is 11.3 Å². The Morgan fingerprint density at radius 3 is 2.46 bits per heavy atom. The summed E-state index contributed by atoms with van der Waals surface area (Å²) < 4.78 is 1.09. The average molecular weight is 348 g/mol. The van der Waals surface area contributed by atoms with Gasteiger partial charge in [-0.2, -0.15) is 10.1 Å². The first-order valence-electron chi connectivity index (χ1n) is 8.35. The molecule has 0 fully saturated rings. The molecule has 2 aromatic carbocycles. The molecule has 1 atom stereocenters. The predicted molar refractivity (Wildman–Crippen MR) is 101 cm³/mol. The summed E-state index contributed by atoms with van der Waals surface area (Å²) in [5, 5.41) is 6.95. The fourth-order valence-corrected chi connectivity index (χ4v) is 2.54. The Morgan fingerprint density at radius 2 is 1.81 bits per heavy atom. The van der Waals surface area contributed by atoms with Crippen molar-refractivity contribution in [2.45, 2.75) is 26.8 Å². The molecule has 6 nitrogen and oxygen atoms in total. The normalized spacial score (nSPS) is 11.8. The molecule has 0 aliphatic carbocycles. The fraction of sp³-hybridized carbons (Fsp3) is 0.200. The van der Waals surface area contributed by atoms with E-state index in [1.807, 2.05) is 62.4 Å². The maximum atomic E-state index is 12.5. The van der Waals surface area contributed by atoms with Gasteiger partial charge in [-0.1, -0.05) is 36.4 Å². The molecular formula is C20H20N4O2. The zero-order valence-corrected chi connectivity index (χ0v) is 14.9. The van der Waals surface area contributed by atoms with Gasteiger partial charge in [0.25, 0.3) is 0 Å². The molecule has 26 heavy (non-hydrogen) atoms. The predicted octanol–water partition coefficient (Wildman–Crippen LogP) is 3.12. The molecule has 132 valence electrons. The molecule has 0 unspecified atom stereocenters. The monoisotopic (exact) mass is 348 g/mol. The summed E-state index contributed by atoms with van der Waals surface area (Å²) in [6.45, 7) is 5.61.